The van der Waals surface area contributed by atoms with Crippen molar-refractivity contribution < 1.29 is 18.3 Å². The Kier molecular flexibility index (Phi) is 6.75. The Balaban J connectivity index is 1.83. The fourth-order valence-electron chi connectivity index (χ4n) is 2.61. The normalized spacial score (nSPS) is 10.6. The predicted molar refractivity (Wildman–Crippen MR) is 110 cm³/mol. The highest BCUT2D eigenvalue weighted by Crippen LogP contribution is 2.37. The Labute approximate surface area is 175 Å². The van der Waals surface area contributed by atoms with Gasteiger partial charge in [0.05, 0.1) is 12.1 Å². The highest BCUT2D eigenvalue weighted by atomic mass is 79.9. The molecule has 0 saturated heterocycles. The molecule has 0 saturated carbocycles. The number of nitrogens with one attached hydrogen (secondary N) is 1. The Morgan fingerprint density at radius 1 is 1.00 bits per heavy atom. The first-order valence-corrected chi connectivity index (χ1v) is 9.56. The molecule has 3 nitrogen and oxygen atoms in total. The third kappa shape index (κ3) is 4.94. The summed E-state index contributed by atoms with van der Waals surface area (Å²) in [5, 5.41) is 3.52. The second kappa shape index (κ2) is 9.26. The number of ether oxygens (including phenoxy) is 2. The molecule has 0 atom stereocenters. The van der Waals surface area contributed by atoms with Crippen molar-refractivity contribution in [2.75, 3.05) is 12.4 Å². The van der Waals surface area contributed by atoms with Gasteiger partial charge in [0.2, 0.25) is 0 Å². The first-order valence-electron chi connectivity index (χ1n) is 8.39. The average Bonchev–Trinajstić information content (AvgIpc) is 2.68. The summed E-state index contributed by atoms with van der Waals surface area (Å²) >= 11 is 9.63. The van der Waals surface area contributed by atoms with E-state index in [1.807, 2.05) is 6.07 Å². The van der Waals surface area contributed by atoms with E-state index < -0.39 is 5.82 Å². The van der Waals surface area contributed by atoms with Crippen molar-refractivity contribution in [3.05, 3.63) is 86.9 Å². The summed E-state index contributed by atoms with van der Waals surface area (Å²) in [5.74, 6) is 0.385. The molecule has 1 N–H and O–H groups in total. The molecule has 0 aliphatic rings. The molecule has 0 aromatic heterocycles. The van der Waals surface area contributed by atoms with Gasteiger partial charge in [-0.05, 0) is 48.5 Å². The van der Waals surface area contributed by atoms with Gasteiger partial charge in [-0.3, -0.25) is 0 Å². The van der Waals surface area contributed by atoms with E-state index in [0.29, 0.717) is 28.6 Å². The molecule has 0 heterocycles. The maximum Gasteiger partial charge on any atom is 0.167 e. The Morgan fingerprint density at radius 2 is 1.71 bits per heavy atom. The van der Waals surface area contributed by atoms with E-state index in [1.165, 1.54) is 24.3 Å². The Morgan fingerprint density at radius 3 is 2.39 bits per heavy atom. The van der Waals surface area contributed by atoms with E-state index in [0.717, 1.165) is 15.7 Å². The smallest absolute Gasteiger partial charge is 0.167 e. The predicted octanol–water partition coefficient (Wildman–Crippen LogP) is 6.58. The number of rotatable bonds is 7. The van der Waals surface area contributed by atoms with Gasteiger partial charge in [-0.2, -0.15) is 0 Å². The van der Waals surface area contributed by atoms with E-state index in [1.54, 1.807) is 31.4 Å². The van der Waals surface area contributed by atoms with Crippen LogP contribution >= 0.6 is 27.5 Å². The van der Waals surface area contributed by atoms with E-state index >= 15 is 0 Å². The van der Waals surface area contributed by atoms with Crippen LogP contribution in [0.5, 0.6) is 11.5 Å². The molecule has 3 rings (SSSR count). The van der Waals surface area contributed by atoms with Crippen LogP contribution < -0.4 is 14.8 Å². The quantitative estimate of drug-likeness (QED) is 0.425. The molecule has 3 aromatic carbocycles. The zero-order valence-corrected chi connectivity index (χ0v) is 17.3. The summed E-state index contributed by atoms with van der Waals surface area (Å²) in [6, 6.07) is 13.9. The van der Waals surface area contributed by atoms with Crippen LogP contribution in [0.25, 0.3) is 0 Å². The SMILES string of the molecule is COc1ccc(Br)c(CNc2ccc(F)cc2)c1OCc1ccc(F)cc1Cl. The largest absolute Gasteiger partial charge is 0.493 e. The van der Waals surface area contributed by atoms with Crippen LogP contribution in [0.1, 0.15) is 11.1 Å². The van der Waals surface area contributed by atoms with Crippen molar-refractivity contribution in [2.24, 2.45) is 0 Å². The minimum Gasteiger partial charge on any atom is -0.493 e. The highest BCUT2D eigenvalue weighted by Gasteiger charge is 2.16. The molecule has 0 amide bonds. The molecule has 3 aromatic rings. The highest BCUT2D eigenvalue weighted by molar-refractivity contribution is 9.10. The second-order valence-corrected chi connectivity index (χ2v) is 7.20. The number of hydrogen-bond acceptors (Lipinski definition) is 3. The molecular weight excluding hydrogens is 452 g/mol. The molecule has 0 aliphatic heterocycles. The summed E-state index contributed by atoms with van der Waals surface area (Å²) in [5.41, 5.74) is 2.24. The van der Waals surface area contributed by atoms with Crippen molar-refractivity contribution in [2.45, 2.75) is 13.2 Å². The lowest BCUT2D eigenvalue weighted by Gasteiger charge is -2.18. The molecule has 0 aliphatic carbocycles. The maximum absolute atomic E-state index is 13.2. The topological polar surface area (TPSA) is 30.5 Å². The van der Waals surface area contributed by atoms with Gasteiger partial charge in [-0.15, -0.1) is 0 Å². The molecule has 146 valence electrons. The van der Waals surface area contributed by atoms with Gasteiger partial charge in [0.1, 0.15) is 18.2 Å². The van der Waals surface area contributed by atoms with Gasteiger partial charge in [0, 0.05) is 27.8 Å². The van der Waals surface area contributed by atoms with Crippen LogP contribution in [0.4, 0.5) is 14.5 Å². The Bertz CT molecular complexity index is 967. The maximum atomic E-state index is 13.2. The van der Waals surface area contributed by atoms with Crippen molar-refractivity contribution in [3.8, 4) is 11.5 Å². The minimum atomic E-state index is -0.405. The van der Waals surface area contributed by atoms with Gasteiger partial charge < -0.3 is 14.8 Å². The van der Waals surface area contributed by atoms with Crippen LogP contribution in [-0.2, 0) is 13.2 Å². The lowest BCUT2D eigenvalue weighted by molar-refractivity contribution is 0.281. The number of anilines is 1. The fourth-order valence-corrected chi connectivity index (χ4v) is 3.29. The summed E-state index contributed by atoms with van der Waals surface area (Å²) in [4.78, 5) is 0. The second-order valence-electron chi connectivity index (χ2n) is 5.94. The summed E-state index contributed by atoms with van der Waals surface area (Å²) < 4.78 is 38.6. The molecule has 0 spiro atoms. The van der Waals surface area contributed by atoms with Crippen molar-refractivity contribution in [1.29, 1.82) is 0 Å². The van der Waals surface area contributed by atoms with Gasteiger partial charge in [0.15, 0.2) is 11.5 Å². The summed E-state index contributed by atoms with van der Waals surface area (Å²) in [6.07, 6.45) is 0. The van der Waals surface area contributed by atoms with Crippen LogP contribution in [0.2, 0.25) is 5.02 Å². The average molecular weight is 469 g/mol. The number of hydrogen-bond donors (Lipinski definition) is 1. The molecule has 0 fully saturated rings. The van der Waals surface area contributed by atoms with Crippen LogP contribution in [0, 0.1) is 11.6 Å². The molecule has 0 unspecified atom stereocenters. The van der Waals surface area contributed by atoms with E-state index in [2.05, 4.69) is 21.2 Å². The monoisotopic (exact) mass is 467 g/mol. The van der Waals surface area contributed by atoms with E-state index in [4.69, 9.17) is 21.1 Å². The lowest BCUT2D eigenvalue weighted by Crippen LogP contribution is -2.06. The summed E-state index contributed by atoms with van der Waals surface area (Å²) in [6.45, 7) is 0.561. The number of methoxy groups -OCH3 is 1. The molecule has 28 heavy (non-hydrogen) atoms. The molecule has 0 radical (unpaired) electrons. The van der Waals surface area contributed by atoms with Crippen molar-refractivity contribution in [3.63, 3.8) is 0 Å². The van der Waals surface area contributed by atoms with E-state index in [-0.39, 0.29) is 12.4 Å². The Hall–Kier alpha value is -2.31. The van der Waals surface area contributed by atoms with Crippen LogP contribution in [0.15, 0.2) is 59.1 Å². The fraction of sp³-hybridized carbons (Fsp3) is 0.143. The first kappa shape index (κ1) is 20.4. The molecular formula is C21H17BrClF2NO2. The third-order valence-electron chi connectivity index (χ3n) is 4.09. The number of benzene rings is 3. The van der Waals surface area contributed by atoms with Gasteiger partial charge in [-0.25, -0.2) is 8.78 Å². The minimum absolute atomic E-state index is 0.148. The molecule has 0 bridgehead atoms. The van der Waals surface area contributed by atoms with Gasteiger partial charge >= 0.3 is 0 Å². The van der Waals surface area contributed by atoms with Crippen LogP contribution in [0.3, 0.4) is 0 Å². The van der Waals surface area contributed by atoms with Crippen LogP contribution in [-0.4, -0.2) is 7.11 Å². The lowest BCUT2D eigenvalue weighted by atomic mass is 10.1. The first-order chi connectivity index (χ1) is 13.5. The van der Waals surface area contributed by atoms with Crippen molar-refractivity contribution >= 4 is 33.2 Å². The zero-order valence-electron chi connectivity index (χ0n) is 14.9. The molecule has 7 heteroatoms. The summed E-state index contributed by atoms with van der Waals surface area (Å²) in [7, 11) is 1.55. The standard InChI is InChI=1S/C21H17BrClF2NO2/c1-27-20-9-8-18(22)17(11-26-16-6-4-14(24)5-7-16)21(20)28-12-13-2-3-15(25)10-19(13)23/h2-10,26H,11-12H2,1H3. The van der Waals surface area contributed by atoms with Gasteiger partial charge in [0.25, 0.3) is 0 Å². The third-order valence-corrected chi connectivity index (χ3v) is 5.18. The van der Waals surface area contributed by atoms with E-state index in [9.17, 15) is 8.78 Å². The zero-order chi connectivity index (χ0) is 20.1. The van der Waals surface area contributed by atoms with Gasteiger partial charge in [-0.1, -0.05) is 33.6 Å². The number of halogens is 4. The van der Waals surface area contributed by atoms with Crippen molar-refractivity contribution in [1.82, 2.24) is 0 Å².